The number of carbonyl (C=O) groups excluding carboxylic acids is 3. The van der Waals surface area contributed by atoms with Crippen molar-refractivity contribution >= 4 is 58.8 Å². The number of hydrogen-bond acceptors (Lipinski definition) is 5. The van der Waals surface area contributed by atoms with Gasteiger partial charge in [0.25, 0.3) is 11.8 Å². The number of halogens is 3. The second-order valence-corrected chi connectivity index (χ2v) is 7.82. The highest BCUT2D eigenvalue weighted by Crippen LogP contribution is 2.22. The Labute approximate surface area is 204 Å². The Kier molecular flexibility index (Phi) is 8.43. The van der Waals surface area contributed by atoms with Crippen molar-refractivity contribution in [2.75, 3.05) is 6.54 Å². The first-order valence-electron chi connectivity index (χ1n) is 9.45. The topological polar surface area (TPSA) is 96.9 Å². The predicted molar refractivity (Wildman–Crippen MR) is 127 cm³/mol. The minimum atomic E-state index is -0.533. The maximum atomic E-state index is 12.1. The fourth-order valence-corrected chi connectivity index (χ4v) is 3.01. The second-order valence-electron chi connectivity index (χ2n) is 6.57. The van der Waals surface area contributed by atoms with Crippen LogP contribution in [-0.2, 0) is 4.79 Å². The zero-order valence-corrected chi connectivity index (χ0v) is 19.1. The SMILES string of the molecule is O=C(CNC(=O)c1ccc(Cl)c(Cl)c1)N/N=C/c1ccc(OC(=O)c2cccc(Cl)c2)cc1. The summed E-state index contributed by atoms with van der Waals surface area (Å²) in [5.41, 5.74) is 3.56. The lowest BCUT2D eigenvalue weighted by atomic mass is 10.2. The molecule has 0 radical (unpaired) electrons. The van der Waals surface area contributed by atoms with Crippen LogP contribution in [0.15, 0.2) is 71.8 Å². The molecule has 0 atom stereocenters. The molecule has 0 unspecified atom stereocenters. The first-order valence-corrected chi connectivity index (χ1v) is 10.6. The van der Waals surface area contributed by atoms with E-state index < -0.39 is 17.8 Å². The number of benzene rings is 3. The molecule has 3 aromatic rings. The van der Waals surface area contributed by atoms with Crippen LogP contribution in [0.2, 0.25) is 15.1 Å². The van der Waals surface area contributed by atoms with Crippen molar-refractivity contribution in [3.05, 3.63) is 98.5 Å². The summed E-state index contributed by atoms with van der Waals surface area (Å²) in [6.07, 6.45) is 1.40. The van der Waals surface area contributed by atoms with Crippen molar-refractivity contribution in [2.24, 2.45) is 5.10 Å². The number of esters is 1. The van der Waals surface area contributed by atoms with Crippen LogP contribution < -0.4 is 15.5 Å². The molecule has 0 fully saturated rings. The molecule has 33 heavy (non-hydrogen) atoms. The van der Waals surface area contributed by atoms with E-state index in [-0.39, 0.29) is 17.1 Å². The molecule has 2 amide bonds. The molecule has 0 aromatic heterocycles. The summed E-state index contributed by atoms with van der Waals surface area (Å²) in [6, 6.07) is 17.3. The number of carbonyl (C=O) groups is 3. The predicted octanol–water partition coefficient (Wildman–Crippen LogP) is 4.75. The standard InChI is InChI=1S/C23H16Cl3N3O4/c24-17-3-1-2-16(10-17)23(32)33-18-7-4-14(5-8-18)12-28-29-21(30)13-27-22(31)15-6-9-19(25)20(26)11-15/h1-12H,13H2,(H,27,31)(H,29,30)/b28-12+. The molecule has 0 heterocycles. The van der Waals surface area contributed by atoms with Gasteiger partial charge in [-0.1, -0.05) is 40.9 Å². The first-order chi connectivity index (χ1) is 15.8. The molecule has 0 aliphatic heterocycles. The van der Waals surface area contributed by atoms with E-state index in [4.69, 9.17) is 39.5 Å². The van der Waals surface area contributed by atoms with Crippen LogP contribution in [0.4, 0.5) is 0 Å². The van der Waals surface area contributed by atoms with Gasteiger partial charge in [0.2, 0.25) is 0 Å². The van der Waals surface area contributed by atoms with Gasteiger partial charge in [0.15, 0.2) is 0 Å². The van der Waals surface area contributed by atoms with Crippen molar-refractivity contribution in [2.45, 2.75) is 0 Å². The fraction of sp³-hybridized carbons (Fsp3) is 0.0435. The molecule has 0 aliphatic rings. The number of nitrogens with zero attached hydrogens (tertiary/aromatic N) is 1. The Bertz CT molecular complexity index is 1210. The van der Waals surface area contributed by atoms with Gasteiger partial charge in [-0.15, -0.1) is 0 Å². The average Bonchev–Trinajstić information content (AvgIpc) is 2.80. The van der Waals surface area contributed by atoms with E-state index in [1.54, 1.807) is 42.5 Å². The molecular formula is C23H16Cl3N3O4. The van der Waals surface area contributed by atoms with Gasteiger partial charge in [0, 0.05) is 10.6 Å². The summed E-state index contributed by atoms with van der Waals surface area (Å²) in [5.74, 6) is -1.19. The van der Waals surface area contributed by atoms with Gasteiger partial charge >= 0.3 is 5.97 Å². The van der Waals surface area contributed by atoms with Crippen molar-refractivity contribution in [3.63, 3.8) is 0 Å². The van der Waals surface area contributed by atoms with Crippen LogP contribution in [-0.4, -0.2) is 30.5 Å². The van der Waals surface area contributed by atoms with E-state index in [9.17, 15) is 14.4 Å². The van der Waals surface area contributed by atoms with Gasteiger partial charge in [0.05, 0.1) is 28.4 Å². The van der Waals surface area contributed by atoms with Crippen LogP contribution in [0.1, 0.15) is 26.3 Å². The fourth-order valence-electron chi connectivity index (χ4n) is 2.52. The lowest BCUT2D eigenvalue weighted by Gasteiger charge is -2.06. The first kappa shape index (κ1) is 24.3. The number of rotatable bonds is 7. The van der Waals surface area contributed by atoms with E-state index in [1.165, 1.54) is 30.5 Å². The Balaban J connectivity index is 1.45. The van der Waals surface area contributed by atoms with Crippen LogP contribution in [0.3, 0.4) is 0 Å². The average molecular weight is 505 g/mol. The molecule has 168 valence electrons. The maximum Gasteiger partial charge on any atom is 0.343 e. The minimum absolute atomic E-state index is 0.239. The lowest BCUT2D eigenvalue weighted by molar-refractivity contribution is -0.120. The van der Waals surface area contributed by atoms with Crippen LogP contribution in [0, 0.1) is 0 Å². The van der Waals surface area contributed by atoms with Crippen molar-refractivity contribution in [1.82, 2.24) is 10.7 Å². The van der Waals surface area contributed by atoms with E-state index >= 15 is 0 Å². The normalized spacial score (nSPS) is 10.6. The van der Waals surface area contributed by atoms with Gasteiger partial charge in [0.1, 0.15) is 5.75 Å². The third kappa shape index (κ3) is 7.32. The van der Waals surface area contributed by atoms with E-state index in [0.717, 1.165) is 0 Å². The molecule has 2 N–H and O–H groups in total. The summed E-state index contributed by atoms with van der Waals surface area (Å²) in [4.78, 5) is 36.1. The molecule has 0 spiro atoms. The molecule has 3 rings (SSSR count). The summed E-state index contributed by atoms with van der Waals surface area (Å²) in [5, 5.41) is 7.29. The molecule has 0 bridgehead atoms. The smallest absolute Gasteiger partial charge is 0.343 e. The molecule has 0 aliphatic carbocycles. The van der Waals surface area contributed by atoms with Crippen LogP contribution in [0.5, 0.6) is 5.75 Å². The zero-order chi connectivity index (χ0) is 23.8. The van der Waals surface area contributed by atoms with Gasteiger partial charge in [-0.2, -0.15) is 5.10 Å². The van der Waals surface area contributed by atoms with Gasteiger partial charge < -0.3 is 10.1 Å². The van der Waals surface area contributed by atoms with Crippen LogP contribution >= 0.6 is 34.8 Å². The van der Waals surface area contributed by atoms with Gasteiger partial charge in [-0.3, -0.25) is 9.59 Å². The molecule has 0 saturated carbocycles. The number of hydrazone groups is 1. The molecule has 10 heteroatoms. The third-order valence-electron chi connectivity index (χ3n) is 4.15. The highest BCUT2D eigenvalue weighted by atomic mass is 35.5. The zero-order valence-electron chi connectivity index (χ0n) is 16.8. The molecule has 0 saturated heterocycles. The highest BCUT2D eigenvalue weighted by Gasteiger charge is 2.10. The van der Waals surface area contributed by atoms with Gasteiger partial charge in [-0.05, 0) is 66.2 Å². The van der Waals surface area contributed by atoms with Crippen molar-refractivity contribution < 1.29 is 19.1 Å². The summed E-state index contributed by atoms with van der Waals surface area (Å²) >= 11 is 17.6. The van der Waals surface area contributed by atoms with E-state index in [2.05, 4.69) is 15.8 Å². The monoisotopic (exact) mass is 503 g/mol. The number of hydrogen-bond donors (Lipinski definition) is 2. The minimum Gasteiger partial charge on any atom is -0.423 e. The van der Waals surface area contributed by atoms with Crippen LogP contribution in [0.25, 0.3) is 0 Å². The van der Waals surface area contributed by atoms with E-state index in [0.29, 0.717) is 26.9 Å². The Morgan fingerprint density at radius 1 is 0.879 bits per heavy atom. The number of amides is 2. The lowest BCUT2D eigenvalue weighted by Crippen LogP contribution is -2.34. The number of nitrogens with one attached hydrogen (secondary N) is 2. The quantitative estimate of drug-likeness (QED) is 0.210. The Morgan fingerprint density at radius 2 is 1.64 bits per heavy atom. The second kappa shape index (κ2) is 11.5. The van der Waals surface area contributed by atoms with Gasteiger partial charge in [-0.25, -0.2) is 10.2 Å². The summed E-state index contributed by atoms with van der Waals surface area (Å²) in [6.45, 7) is -0.283. The van der Waals surface area contributed by atoms with Crippen molar-refractivity contribution in [1.29, 1.82) is 0 Å². The summed E-state index contributed by atoms with van der Waals surface area (Å²) in [7, 11) is 0. The Morgan fingerprint density at radius 3 is 2.33 bits per heavy atom. The van der Waals surface area contributed by atoms with E-state index in [1.807, 2.05) is 0 Å². The van der Waals surface area contributed by atoms with Crippen molar-refractivity contribution in [3.8, 4) is 5.75 Å². The molecular weight excluding hydrogens is 489 g/mol. The summed E-state index contributed by atoms with van der Waals surface area (Å²) < 4.78 is 5.29. The molecule has 3 aromatic carbocycles. The maximum absolute atomic E-state index is 12.1. The Hall–Kier alpha value is -3.39. The number of ether oxygens (including phenoxy) is 1. The highest BCUT2D eigenvalue weighted by molar-refractivity contribution is 6.42. The third-order valence-corrected chi connectivity index (χ3v) is 5.12. The molecule has 7 nitrogen and oxygen atoms in total. The largest absolute Gasteiger partial charge is 0.423 e.